The molecule has 0 saturated heterocycles. The van der Waals surface area contributed by atoms with Crippen LogP contribution in [0.3, 0.4) is 0 Å². The maximum atomic E-state index is 3.73. The predicted molar refractivity (Wildman–Crippen MR) is 80.8 cm³/mol. The molecule has 0 fully saturated rings. The summed E-state index contributed by atoms with van der Waals surface area (Å²) in [7, 11) is 0. The van der Waals surface area contributed by atoms with E-state index in [9.17, 15) is 0 Å². The summed E-state index contributed by atoms with van der Waals surface area (Å²) >= 11 is 0. The Morgan fingerprint density at radius 3 is 2.28 bits per heavy atom. The Morgan fingerprint density at radius 1 is 1.06 bits per heavy atom. The van der Waals surface area contributed by atoms with Crippen LogP contribution in [0.4, 0.5) is 0 Å². The van der Waals surface area contributed by atoms with Gasteiger partial charge in [0.05, 0.1) is 0 Å². The highest BCUT2D eigenvalue weighted by molar-refractivity contribution is 5.19. The zero-order valence-corrected chi connectivity index (χ0v) is 12.5. The molecule has 0 saturated carbocycles. The third-order valence-corrected chi connectivity index (χ3v) is 3.19. The Morgan fingerprint density at radius 2 is 1.72 bits per heavy atom. The molecule has 0 radical (unpaired) electrons. The monoisotopic (exact) mass is 247 g/mol. The standard InChI is InChI=1S/C17H29N/c1-5-6-10-13-18-16(14-17(2,3)4)15-11-8-7-9-12-15/h7-9,11-12,16,18H,5-6,10,13-14H2,1-4H3. The van der Waals surface area contributed by atoms with Crippen LogP contribution in [-0.2, 0) is 0 Å². The molecule has 0 amide bonds. The van der Waals surface area contributed by atoms with Gasteiger partial charge in [0.15, 0.2) is 0 Å². The van der Waals surface area contributed by atoms with Crippen molar-refractivity contribution < 1.29 is 0 Å². The normalized spacial score (nSPS) is 13.6. The minimum Gasteiger partial charge on any atom is -0.310 e. The first-order valence-corrected chi connectivity index (χ1v) is 7.31. The first-order valence-electron chi connectivity index (χ1n) is 7.31. The van der Waals surface area contributed by atoms with E-state index in [2.05, 4.69) is 63.3 Å². The minimum absolute atomic E-state index is 0.359. The van der Waals surface area contributed by atoms with Gasteiger partial charge in [-0.2, -0.15) is 0 Å². The fraction of sp³-hybridized carbons (Fsp3) is 0.647. The molecular formula is C17H29N. The summed E-state index contributed by atoms with van der Waals surface area (Å²) in [5.41, 5.74) is 1.78. The van der Waals surface area contributed by atoms with Crippen molar-refractivity contribution in [2.24, 2.45) is 5.41 Å². The lowest BCUT2D eigenvalue weighted by Crippen LogP contribution is -2.26. The molecule has 1 heteroatoms. The smallest absolute Gasteiger partial charge is 0.0325 e. The summed E-state index contributed by atoms with van der Waals surface area (Å²) in [6, 6.07) is 11.3. The van der Waals surface area contributed by atoms with E-state index < -0.39 is 0 Å². The fourth-order valence-electron chi connectivity index (χ4n) is 2.26. The molecule has 0 aliphatic heterocycles. The third-order valence-electron chi connectivity index (χ3n) is 3.19. The molecule has 1 atom stereocenters. The number of hydrogen-bond donors (Lipinski definition) is 1. The minimum atomic E-state index is 0.359. The van der Waals surface area contributed by atoms with Crippen molar-refractivity contribution in [2.45, 2.75) is 59.4 Å². The Bertz CT molecular complexity index is 310. The van der Waals surface area contributed by atoms with Gasteiger partial charge >= 0.3 is 0 Å². The Kier molecular flexibility index (Phi) is 6.42. The molecule has 0 bridgehead atoms. The number of nitrogens with one attached hydrogen (secondary N) is 1. The van der Waals surface area contributed by atoms with Crippen LogP contribution in [0, 0.1) is 5.41 Å². The number of unbranched alkanes of at least 4 members (excludes halogenated alkanes) is 2. The first kappa shape index (κ1) is 15.2. The van der Waals surface area contributed by atoms with Gasteiger partial charge in [-0.25, -0.2) is 0 Å². The molecule has 0 aliphatic carbocycles. The molecule has 0 spiro atoms. The molecule has 0 heterocycles. The van der Waals surface area contributed by atoms with E-state index in [1.807, 2.05) is 0 Å². The summed E-state index contributed by atoms with van der Waals surface area (Å²) in [5.74, 6) is 0. The van der Waals surface area contributed by atoms with Gasteiger partial charge < -0.3 is 5.32 Å². The second-order valence-electron chi connectivity index (χ2n) is 6.39. The summed E-state index contributed by atoms with van der Waals surface area (Å²) in [5, 5.41) is 3.73. The van der Waals surface area contributed by atoms with Gasteiger partial charge in [-0.05, 0) is 30.4 Å². The molecule has 18 heavy (non-hydrogen) atoms. The Labute approximate surface area is 113 Å². The lowest BCUT2D eigenvalue weighted by Gasteiger charge is -2.27. The average Bonchev–Trinajstić information content (AvgIpc) is 2.33. The maximum Gasteiger partial charge on any atom is 0.0325 e. The molecule has 0 aliphatic rings. The van der Waals surface area contributed by atoms with E-state index in [1.54, 1.807) is 0 Å². The highest BCUT2D eigenvalue weighted by atomic mass is 14.9. The quantitative estimate of drug-likeness (QED) is 0.673. The van der Waals surface area contributed by atoms with Gasteiger partial charge in [-0.1, -0.05) is 70.9 Å². The summed E-state index contributed by atoms with van der Waals surface area (Å²) < 4.78 is 0. The lowest BCUT2D eigenvalue weighted by molar-refractivity contribution is 0.310. The molecule has 1 unspecified atom stereocenters. The van der Waals surface area contributed by atoms with Gasteiger partial charge in [-0.3, -0.25) is 0 Å². The van der Waals surface area contributed by atoms with Crippen molar-refractivity contribution in [1.82, 2.24) is 5.32 Å². The van der Waals surface area contributed by atoms with Crippen LogP contribution >= 0.6 is 0 Å². The second-order valence-corrected chi connectivity index (χ2v) is 6.39. The van der Waals surface area contributed by atoms with Gasteiger partial charge in [0.2, 0.25) is 0 Å². The van der Waals surface area contributed by atoms with Gasteiger partial charge in [0, 0.05) is 6.04 Å². The van der Waals surface area contributed by atoms with E-state index in [4.69, 9.17) is 0 Å². The van der Waals surface area contributed by atoms with E-state index in [1.165, 1.54) is 31.2 Å². The zero-order chi connectivity index (χ0) is 13.4. The fourth-order valence-corrected chi connectivity index (χ4v) is 2.26. The molecule has 0 aromatic heterocycles. The van der Waals surface area contributed by atoms with Crippen molar-refractivity contribution >= 4 is 0 Å². The number of hydrogen-bond acceptors (Lipinski definition) is 1. The Balaban J connectivity index is 2.58. The molecule has 1 aromatic carbocycles. The van der Waals surface area contributed by atoms with Crippen molar-refractivity contribution in [3.05, 3.63) is 35.9 Å². The first-order chi connectivity index (χ1) is 8.53. The zero-order valence-electron chi connectivity index (χ0n) is 12.5. The summed E-state index contributed by atoms with van der Waals surface area (Å²) in [6.07, 6.45) is 5.08. The van der Waals surface area contributed by atoms with Crippen LogP contribution in [0.25, 0.3) is 0 Å². The predicted octanol–water partition coefficient (Wildman–Crippen LogP) is 4.94. The van der Waals surface area contributed by atoms with Gasteiger partial charge in [-0.15, -0.1) is 0 Å². The number of rotatable bonds is 7. The van der Waals surface area contributed by atoms with Crippen LogP contribution in [0.15, 0.2) is 30.3 Å². The Hall–Kier alpha value is -0.820. The summed E-state index contributed by atoms with van der Waals surface area (Å²) in [4.78, 5) is 0. The maximum absolute atomic E-state index is 3.73. The van der Waals surface area contributed by atoms with Crippen LogP contribution in [0.5, 0.6) is 0 Å². The van der Waals surface area contributed by atoms with Crippen LogP contribution < -0.4 is 5.32 Å². The van der Waals surface area contributed by atoms with E-state index in [-0.39, 0.29) is 0 Å². The van der Waals surface area contributed by atoms with Gasteiger partial charge in [0.1, 0.15) is 0 Å². The molecule has 1 rings (SSSR count). The van der Waals surface area contributed by atoms with Crippen molar-refractivity contribution in [3.8, 4) is 0 Å². The van der Waals surface area contributed by atoms with E-state index in [0.29, 0.717) is 11.5 Å². The van der Waals surface area contributed by atoms with Crippen molar-refractivity contribution in [2.75, 3.05) is 6.54 Å². The molecular weight excluding hydrogens is 218 g/mol. The topological polar surface area (TPSA) is 12.0 Å². The molecule has 1 aromatic rings. The highest BCUT2D eigenvalue weighted by Gasteiger charge is 2.19. The van der Waals surface area contributed by atoms with Crippen LogP contribution in [-0.4, -0.2) is 6.54 Å². The lowest BCUT2D eigenvalue weighted by atomic mass is 9.85. The van der Waals surface area contributed by atoms with Crippen molar-refractivity contribution in [1.29, 1.82) is 0 Å². The SMILES string of the molecule is CCCCCNC(CC(C)(C)C)c1ccccc1. The third kappa shape index (κ3) is 6.20. The van der Waals surface area contributed by atoms with Crippen LogP contribution in [0.2, 0.25) is 0 Å². The van der Waals surface area contributed by atoms with Gasteiger partial charge in [0.25, 0.3) is 0 Å². The van der Waals surface area contributed by atoms with Crippen LogP contribution in [0.1, 0.15) is 65.0 Å². The molecule has 102 valence electrons. The van der Waals surface area contributed by atoms with E-state index >= 15 is 0 Å². The molecule has 1 nitrogen and oxygen atoms in total. The highest BCUT2D eigenvalue weighted by Crippen LogP contribution is 2.29. The average molecular weight is 247 g/mol. The second kappa shape index (κ2) is 7.58. The number of benzene rings is 1. The largest absolute Gasteiger partial charge is 0.310 e. The molecule has 1 N–H and O–H groups in total. The summed E-state index contributed by atoms with van der Waals surface area (Å²) in [6.45, 7) is 10.3. The van der Waals surface area contributed by atoms with Crippen molar-refractivity contribution in [3.63, 3.8) is 0 Å². The van der Waals surface area contributed by atoms with E-state index in [0.717, 1.165) is 6.54 Å².